The van der Waals surface area contributed by atoms with Crippen LogP contribution in [0.2, 0.25) is 0 Å². The Morgan fingerprint density at radius 3 is 2.77 bits per heavy atom. The Labute approximate surface area is 142 Å². The lowest BCUT2D eigenvalue weighted by Gasteiger charge is -2.15. The summed E-state index contributed by atoms with van der Waals surface area (Å²) in [5.41, 5.74) is 7.65. The molecule has 0 fully saturated rings. The average Bonchev–Trinajstić information content (AvgIpc) is 2.98. The first-order valence-corrected chi connectivity index (χ1v) is 8.44. The zero-order valence-electron chi connectivity index (χ0n) is 12.4. The maximum Gasteiger partial charge on any atom is 0.239 e. The van der Waals surface area contributed by atoms with Gasteiger partial charge in [-0.2, -0.15) is 0 Å². The summed E-state index contributed by atoms with van der Waals surface area (Å²) >= 11 is 4.93. The standard InChI is InChI=1S/C15H18BrN3O2S/c1-9(18-14(20)12(17)7-21-2)15-19-13(8-22-15)10-3-5-11(16)6-4-10/h3-6,8-9,12H,7,17H2,1-2H3,(H,18,20). The van der Waals surface area contributed by atoms with E-state index in [1.807, 2.05) is 36.6 Å². The number of ether oxygens (including phenoxy) is 1. The maximum absolute atomic E-state index is 11.9. The van der Waals surface area contributed by atoms with Crippen LogP contribution < -0.4 is 11.1 Å². The Balaban J connectivity index is 2.04. The van der Waals surface area contributed by atoms with Gasteiger partial charge in [-0.1, -0.05) is 28.1 Å². The fourth-order valence-electron chi connectivity index (χ4n) is 1.88. The Morgan fingerprint density at radius 2 is 2.14 bits per heavy atom. The first-order valence-electron chi connectivity index (χ1n) is 6.77. The molecular formula is C15H18BrN3O2S. The number of hydrogen-bond acceptors (Lipinski definition) is 5. The number of nitrogens with two attached hydrogens (primary N) is 1. The molecule has 0 aliphatic carbocycles. The minimum absolute atomic E-state index is 0.190. The third kappa shape index (κ3) is 4.36. The van der Waals surface area contributed by atoms with Gasteiger partial charge in [0, 0.05) is 22.5 Å². The maximum atomic E-state index is 11.9. The van der Waals surface area contributed by atoms with Crippen molar-refractivity contribution in [2.45, 2.75) is 19.0 Å². The van der Waals surface area contributed by atoms with E-state index >= 15 is 0 Å². The molecule has 5 nitrogen and oxygen atoms in total. The van der Waals surface area contributed by atoms with Gasteiger partial charge in [0.2, 0.25) is 5.91 Å². The van der Waals surface area contributed by atoms with E-state index in [4.69, 9.17) is 10.5 Å². The van der Waals surface area contributed by atoms with E-state index in [1.54, 1.807) is 0 Å². The molecule has 0 saturated carbocycles. The number of aromatic nitrogens is 1. The smallest absolute Gasteiger partial charge is 0.239 e. The van der Waals surface area contributed by atoms with Crippen LogP contribution in [-0.4, -0.2) is 30.6 Å². The highest BCUT2D eigenvalue weighted by atomic mass is 79.9. The Bertz CT molecular complexity index is 630. The van der Waals surface area contributed by atoms with Crippen LogP contribution in [0.5, 0.6) is 0 Å². The van der Waals surface area contributed by atoms with Crippen LogP contribution in [0.3, 0.4) is 0 Å². The summed E-state index contributed by atoms with van der Waals surface area (Å²) in [7, 11) is 1.52. The summed E-state index contributed by atoms with van der Waals surface area (Å²) in [5.74, 6) is -0.241. The van der Waals surface area contributed by atoms with E-state index in [9.17, 15) is 4.79 Å². The number of rotatable bonds is 6. The largest absolute Gasteiger partial charge is 0.383 e. The quantitative estimate of drug-likeness (QED) is 0.803. The molecule has 2 unspecified atom stereocenters. The number of carbonyl (C=O) groups excluding carboxylic acids is 1. The van der Waals surface area contributed by atoms with Gasteiger partial charge in [-0.05, 0) is 19.1 Å². The minimum Gasteiger partial charge on any atom is -0.383 e. The van der Waals surface area contributed by atoms with Gasteiger partial charge in [0.25, 0.3) is 0 Å². The van der Waals surface area contributed by atoms with E-state index in [1.165, 1.54) is 18.4 Å². The Hall–Kier alpha value is -1.28. The molecule has 1 heterocycles. The first kappa shape index (κ1) is 17.1. The molecule has 118 valence electrons. The number of methoxy groups -OCH3 is 1. The van der Waals surface area contributed by atoms with Gasteiger partial charge in [-0.25, -0.2) is 4.98 Å². The van der Waals surface area contributed by atoms with Crippen molar-refractivity contribution < 1.29 is 9.53 Å². The fraction of sp³-hybridized carbons (Fsp3) is 0.333. The molecule has 1 amide bonds. The molecule has 2 aromatic rings. The molecule has 0 bridgehead atoms. The lowest BCUT2D eigenvalue weighted by Crippen LogP contribution is -2.44. The van der Waals surface area contributed by atoms with E-state index < -0.39 is 6.04 Å². The van der Waals surface area contributed by atoms with Gasteiger partial charge in [-0.3, -0.25) is 4.79 Å². The van der Waals surface area contributed by atoms with Crippen molar-refractivity contribution in [2.24, 2.45) is 5.73 Å². The molecule has 2 atom stereocenters. The van der Waals surface area contributed by atoms with Crippen LogP contribution in [0.4, 0.5) is 0 Å². The van der Waals surface area contributed by atoms with E-state index in [0.29, 0.717) is 0 Å². The van der Waals surface area contributed by atoms with Crippen LogP contribution in [0, 0.1) is 0 Å². The molecule has 0 aliphatic rings. The number of nitrogens with zero attached hydrogens (tertiary/aromatic N) is 1. The topological polar surface area (TPSA) is 77.2 Å². The van der Waals surface area contributed by atoms with Crippen molar-refractivity contribution in [3.8, 4) is 11.3 Å². The molecule has 0 aliphatic heterocycles. The predicted molar refractivity (Wildman–Crippen MR) is 91.7 cm³/mol. The first-order chi connectivity index (χ1) is 10.5. The van der Waals surface area contributed by atoms with Gasteiger partial charge in [0.05, 0.1) is 18.3 Å². The summed E-state index contributed by atoms with van der Waals surface area (Å²) < 4.78 is 5.91. The normalized spacial score (nSPS) is 13.6. The molecule has 0 saturated heterocycles. The van der Waals surface area contributed by atoms with Crippen molar-refractivity contribution in [1.82, 2.24) is 10.3 Å². The van der Waals surface area contributed by atoms with Crippen molar-refractivity contribution >= 4 is 33.2 Å². The molecular weight excluding hydrogens is 366 g/mol. The number of nitrogens with one attached hydrogen (secondary N) is 1. The van der Waals surface area contributed by atoms with E-state index in [2.05, 4.69) is 26.2 Å². The summed E-state index contributed by atoms with van der Waals surface area (Å²) in [5, 5.41) is 5.68. The minimum atomic E-state index is -0.668. The van der Waals surface area contributed by atoms with Crippen LogP contribution >= 0.6 is 27.3 Å². The van der Waals surface area contributed by atoms with E-state index in [-0.39, 0.29) is 18.6 Å². The number of halogens is 1. The fourth-order valence-corrected chi connectivity index (χ4v) is 2.98. The number of benzene rings is 1. The third-order valence-corrected chi connectivity index (χ3v) is 4.63. The lowest BCUT2D eigenvalue weighted by molar-refractivity contribution is -0.124. The second kappa shape index (κ2) is 7.82. The molecule has 1 aromatic heterocycles. The van der Waals surface area contributed by atoms with Crippen LogP contribution in [-0.2, 0) is 9.53 Å². The molecule has 3 N–H and O–H groups in total. The summed E-state index contributed by atoms with van der Waals surface area (Å²) in [6.45, 7) is 2.09. The molecule has 2 rings (SSSR count). The monoisotopic (exact) mass is 383 g/mol. The predicted octanol–water partition coefficient (Wildman–Crippen LogP) is 2.72. The lowest BCUT2D eigenvalue weighted by atomic mass is 10.2. The van der Waals surface area contributed by atoms with Crippen LogP contribution in [0.15, 0.2) is 34.1 Å². The highest BCUT2D eigenvalue weighted by Gasteiger charge is 2.18. The molecule has 7 heteroatoms. The molecule has 1 aromatic carbocycles. The van der Waals surface area contributed by atoms with Crippen molar-refractivity contribution in [3.63, 3.8) is 0 Å². The zero-order chi connectivity index (χ0) is 16.1. The Morgan fingerprint density at radius 1 is 1.45 bits per heavy atom. The molecule has 0 spiro atoms. The van der Waals surface area contributed by atoms with Crippen LogP contribution in [0.25, 0.3) is 11.3 Å². The number of thiazole rings is 1. The number of amides is 1. The highest BCUT2D eigenvalue weighted by Crippen LogP contribution is 2.26. The van der Waals surface area contributed by atoms with Gasteiger partial charge in [-0.15, -0.1) is 11.3 Å². The number of carbonyl (C=O) groups is 1. The second-order valence-corrected chi connectivity index (χ2v) is 6.68. The molecule has 22 heavy (non-hydrogen) atoms. The van der Waals surface area contributed by atoms with Gasteiger partial charge in [0.15, 0.2) is 0 Å². The second-order valence-electron chi connectivity index (χ2n) is 4.87. The highest BCUT2D eigenvalue weighted by molar-refractivity contribution is 9.10. The number of hydrogen-bond donors (Lipinski definition) is 2. The average molecular weight is 384 g/mol. The molecule has 0 radical (unpaired) electrons. The van der Waals surface area contributed by atoms with Crippen LogP contribution in [0.1, 0.15) is 18.0 Å². The van der Waals surface area contributed by atoms with E-state index in [0.717, 1.165) is 20.7 Å². The summed E-state index contributed by atoms with van der Waals surface area (Å²) in [6, 6.07) is 7.09. The van der Waals surface area contributed by atoms with Gasteiger partial charge >= 0.3 is 0 Å². The van der Waals surface area contributed by atoms with Crippen molar-refractivity contribution in [2.75, 3.05) is 13.7 Å². The summed E-state index contributed by atoms with van der Waals surface area (Å²) in [4.78, 5) is 16.5. The zero-order valence-corrected chi connectivity index (χ0v) is 14.8. The third-order valence-electron chi connectivity index (χ3n) is 3.07. The van der Waals surface area contributed by atoms with Crippen molar-refractivity contribution in [1.29, 1.82) is 0 Å². The summed E-state index contributed by atoms with van der Waals surface area (Å²) in [6.07, 6.45) is 0. The SMILES string of the molecule is COCC(N)C(=O)NC(C)c1nc(-c2ccc(Br)cc2)cs1. The van der Waals surface area contributed by atoms with Crippen molar-refractivity contribution in [3.05, 3.63) is 39.1 Å². The van der Waals surface area contributed by atoms with Gasteiger partial charge in [0.1, 0.15) is 11.0 Å². The Kier molecular flexibility index (Phi) is 6.07. The van der Waals surface area contributed by atoms with Gasteiger partial charge < -0.3 is 15.8 Å².